The van der Waals surface area contributed by atoms with Gasteiger partial charge >= 0.3 is 5.97 Å². The van der Waals surface area contributed by atoms with Gasteiger partial charge in [0.05, 0.1) is 12.1 Å². The van der Waals surface area contributed by atoms with E-state index >= 15 is 0 Å². The lowest BCUT2D eigenvalue weighted by molar-refractivity contribution is -0.136. The van der Waals surface area contributed by atoms with Crippen molar-refractivity contribution in [1.29, 1.82) is 0 Å². The maximum atomic E-state index is 12.8. The Hall–Kier alpha value is -3.67. The first kappa shape index (κ1) is 18.1. The summed E-state index contributed by atoms with van der Waals surface area (Å²) in [5.74, 6) is -1.46. The van der Waals surface area contributed by atoms with E-state index in [2.05, 4.69) is 5.32 Å². The number of nitrogens with zero attached hydrogens (tertiary/aromatic N) is 1. The lowest BCUT2D eigenvalue weighted by atomic mass is 10.1. The molecule has 0 aliphatic carbocycles. The van der Waals surface area contributed by atoms with Gasteiger partial charge in [0.15, 0.2) is 0 Å². The van der Waals surface area contributed by atoms with Crippen LogP contribution in [0.5, 0.6) is 0 Å². The van der Waals surface area contributed by atoms with Gasteiger partial charge in [-0.15, -0.1) is 0 Å². The van der Waals surface area contributed by atoms with Gasteiger partial charge in [-0.1, -0.05) is 30.3 Å². The number of amides is 1. The van der Waals surface area contributed by atoms with Crippen molar-refractivity contribution < 1.29 is 19.5 Å². The number of anilines is 1. The van der Waals surface area contributed by atoms with Crippen molar-refractivity contribution in [3.8, 4) is 0 Å². The fraction of sp³-hybridized carbons (Fsp3) is 0.0952. The van der Waals surface area contributed by atoms with Crippen molar-refractivity contribution in [2.24, 2.45) is 7.05 Å². The maximum absolute atomic E-state index is 12.8. The van der Waals surface area contributed by atoms with E-state index in [4.69, 9.17) is 5.11 Å². The van der Waals surface area contributed by atoms with E-state index in [1.54, 1.807) is 72.3 Å². The molecule has 0 saturated heterocycles. The van der Waals surface area contributed by atoms with E-state index in [0.29, 0.717) is 28.2 Å². The van der Waals surface area contributed by atoms with Gasteiger partial charge < -0.3 is 15.0 Å². The van der Waals surface area contributed by atoms with E-state index in [0.717, 1.165) is 0 Å². The van der Waals surface area contributed by atoms with Gasteiger partial charge in [-0.05, 0) is 36.4 Å². The van der Waals surface area contributed by atoms with Crippen LogP contribution >= 0.6 is 0 Å². The Labute approximate surface area is 156 Å². The van der Waals surface area contributed by atoms with Gasteiger partial charge in [0.25, 0.3) is 5.91 Å². The first-order valence-electron chi connectivity index (χ1n) is 8.33. The molecule has 3 rings (SSSR count). The SMILES string of the molecule is Cn1c(CC(=O)O)ccc1C(=O)c1cccc(NC(=O)c2ccccc2)c1. The van der Waals surface area contributed by atoms with Gasteiger partial charge in [-0.3, -0.25) is 14.4 Å². The predicted molar refractivity (Wildman–Crippen MR) is 101 cm³/mol. The number of carbonyl (C=O) groups excluding carboxylic acids is 2. The standard InChI is InChI=1S/C21H18N2O4/c1-23-17(13-19(24)25)10-11-18(23)20(26)15-8-5-9-16(12-15)22-21(27)14-6-3-2-4-7-14/h2-12H,13H2,1H3,(H,22,27)(H,24,25). The Bertz CT molecular complexity index is 1010. The minimum atomic E-state index is -0.958. The maximum Gasteiger partial charge on any atom is 0.309 e. The average Bonchev–Trinajstić information content (AvgIpc) is 3.02. The Morgan fingerprint density at radius 3 is 2.33 bits per heavy atom. The molecule has 1 aromatic heterocycles. The molecule has 0 aliphatic rings. The highest BCUT2D eigenvalue weighted by molar-refractivity contribution is 6.09. The number of aliphatic carboxylic acids is 1. The van der Waals surface area contributed by atoms with Crippen LogP contribution in [-0.4, -0.2) is 27.3 Å². The molecule has 3 aromatic rings. The number of carbonyl (C=O) groups is 3. The molecule has 0 bridgehead atoms. The van der Waals surface area contributed by atoms with Crippen LogP contribution < -0.4 is 5.32 Å². The minimum absolute atomic E-state index is 0.156. The number of carboxylic acids is 1. The molecule has 6 nitrogen and oxygen atoms in total. The van der Waals surface area contributed by atoms with Crippen LogP contribution in [0.25, 0.3) is 0 Å². The normalized spacial score (nSPS) is 10.4. The molecule has 136 valence electrons. The van der Waals surface area contributed by atoms with Crippen molar-refractivity contribution in [3.05, 3.63) is 89.2 Å². The lowest BCUT2D eigenvalue weighted by Crippen LogP contribution is -2.13. The number of hydrogen-bond acceptors (Lipinski definition) is 3. The van der Waals surface area contributed by atoms with Gasteiger partial charge in [0.1, 0.15) is 0 Å². The van der Waals surface area contributed by atoms with Crippen LogP contribution in [0.3, 0.4) is 0 Å². The number of hydrogen-bond donors (Lipinski definition) is 2. The monoisotopic (exact) mass is 362 g/mol. The van der Waals surface area contributed by atoms with Crippen molar-refractivity contribution in [3.63, 3.8) is 0 Å². The second-order valence-corrected chi connectivity index (χ2v) is 6.07. The quantitative estimate of drug-likeness (QED) is 0.660. The van der Waals surface area contributed by atoms with E-state index < -0.39 is 5.97 Å². The molecule has 1 heterocycles. The number of benzene rings is 2. The molecular weight excluding hydrogens is 344 g/mol. The van der Waals surface area contributed by atoms with Crippen LogP contribution in [0.15, 0.2) is 66.7 Å². The molecule has 0 atom stereocenters. The summed E-state index contributed by atoms with van der Waals surface area (Å²) < 4.78 is 1.58. The Morgan fingerprint density at radius 1 is 0.926 bits per heavy atom. The van der Waals surface area contributed by atoms with Crippen LogP contribution in [0.4, 0.5) is 5.69 Å². The van der Waals surface area contributed by atoms with Crippen LogP contribution in [-0.2, 0) is 18.3 Å². The molecule has 0 fully saturated rings. The first-order chi connectivity index (χ1) is 13.0. The number of aromatic nitrogens is 1. The van der Waals surface area contributed by atoms with E-state index in [1.807, 2.05) is 6.07 Å². The molecule has 2 aromatic carbocycles. The third-order valence-electron chi connectivity index (χ3n) is 4.21. The zero-order valence-electron chi connectivity index (χ0n) is 14.7. The van der Waals surface area contributed by atoms with Gasteiger partial charge in [-0.25, -0.2) is 0 Å². The second-order valence-electron chi connectivity index (χ2n) is 6.07. The van der Waals surface area contributed by atoms with Gasteiger partial charge in [0, 0.05) is 29.6 Å². The summed E-state index contributed by atoms with van der Waals surface area (Å²) in [6, 6.07) is 18.7. The topological polar surface area (TPSA) is 88.4 Å². The summed E-state index contributed by atoms with van der Waals surface area (Å²) in [6.45, 7) is 0. The summed E-state index contributed by atoms with van der Waals surface area (Å²) in [4.78, 5) is 36.0. The summed E-state index contributed by atoms with van der Waals surface area (Å²) in [7, 11) is 1.66. The zero-order chi connectivity index (χ0) is 19.4. The lowest BCUT2D eigenvalue weighted by Gasteiger charge is -2.09. The molecule has 0 unspecified atom stereocenters. The molecule has 0 saturated carbocycles. The Balaban J connectivity index is 1.81. The summed E-state index contributed by atoms with van der Waals surface area (Å²) in [5, 5.41) is 11.7. The Morgan fingerprint density at radius 2 is 1.63 bits per heavy atom. The van der Waals surface area contributed by atoms with E-state index in [1.165, 1.54) is 0 Å². The number of nitrogens with one attached hydrogen (secondary N) is 1. The molecule has 0 radical (unpaired) electrons. The fourth-order valence-corrected chi connectivity index (χ4v) is 2.79. The van der Waals surface area contributed by atoms with Crippen LogP contribution in [0.2, 0.25) is 0 Å². The molecule has 27 heavy (non-hydrogen) atoms. The van der Waals surface area contributed by atoms with Crippen LogP contribution in [0, 0.1) is 0 Å². The number of rotatable bonds is 6. The minimum Gasteiger partial charge on any atom is -0.481 e. The number of carboxylic acid groups (broad SMARTS) is 1. The van der Waals surface area contributed by atoms with Crippen molar-refractivity contribution in [2.75, 3.05) is 5.32 Å². The molecule has 0 spiro atoms. The third kappa shape index (κ3) is 4.12. The first-order valence-corrected chi connectivity index (χ1v) is 8.33. The summed E-state index contributed by atoms with van der Waals surface area (Å²) in [6.07, 6.45) is -0.156. The highest BCUT2D eigenvalue weighted by Crippen LogP contribution is 2.18. The second kappa shape index (κ2) is 7.70. The third-order valence-corrected chi connectivity index (χ3v) is 4.21. The molecule has 2 N–H and O–H groups in total. The largest absolute Gasteiger partial charge is 0.481 e. The summed E-state index contributed by atoms with van der Waals surface area (Å²) >= 11 is 0. The Kier molecular flexibility index (Phi) is 5.17. The highest BCUT2D eigenvalue weighted by Gasteiger charge is 2.16. The highest BCUT2D eigenvalue weighted by atomic mass is 16.4. The van der Waals surface area contributed by atoms with Gasteiger partial charge in [0.2, 0.25) is 5.78 Å². The smallest absolute Gasteiger partial charge is 0.309 e. The van der Waals surface area contributed by atoms with Gasteiger partial charge in [-0.2, -0.15) is 0 Å². The molecule has 1 amide bonds. The molecule has 0 aliphatic heterocycles. The average molecular weight is 362 g/mol. The van der Waals surface area contributed by atoms with Crippen molar-refractivity contribution >= 4 is 23.3 Å². The fourth-order valence-electron chi connectivity index (χ4n) is 2.79. The predicted octanol–water partition coefficient (Wildman–Crippen LogP) is 3.14. The van der Waals surface area contributed by atoms with E-state index in [9.17, 15) is 14.4 Å². The molecular formula is C21H18N2O4. The number of ketones is 1. The van der Waals surface area contributed by atoms with Crippen molar-refractivity contribution in [1.82, 2.24) is 4.57 Å². The van der Waals surface area contributed by atoms with E-state index in [-0.39, 0.29) is 18.1 Å². The zero-order valence-corrected chi connectivity index (χ0v) is 14.7. The molecule has 6 heteroatoms. The summed E-state index contributed by atoms with van der Waals surface area (Å²) in [5.41, 5.74) is 2.37. The van der Waals surface area contributed by atoms with Crippen LogP contribution in [0.1, 0.15) is 32.1 Å². The van der Waals surface area contributed by atoms with Crippen molar-refractivity contribution in [2.45, 2.75) is 6.42 Å².